The summed E-state index contributed by atoms with van der Waals surface area (Å²) in [6.07, 6.45) is -0.382. The molecule has 1 aromatic carbocycles. The highest BCUT2D eigenvalue weighted by atomic mass is 35.5. The predicted molar refractivity (Wildman–Crippen MR) is 101 cm³/mol. The maximum Gasteiger partial charge on any atom is 0.323 e. The molecule has 1 unspecified atom stereocenters. The van der Waals surface area contributed by atoms with E-state index in [2.05, 4.69) is 10.3 Å². The van der Waals surface area contributed by atoms with Crippen molar-refractivity contribution in [2.45, 2.75) is 20.0 Å². The van der Waals surface area contributed by atoms with Crippen LogP contribution in [-0.4, -0.2) is 48.3 Å². The minimum atomic E-state index is -0.534. The molecule has 0 radical (unpaired) electrons. The molecule has 144 valence electrons. The van der Waals surface area contributed by atoms with Crippen LogP contribution in [0.15, 0.2) is 30.3 Å². The number of para-hydroxylation sites is 1. The Labute approximate surface area is 162 Å². The number of benzene rings is 1. The van der Waals surface area contributed by atoms with E-state index in [4.69, 9.17) is 21.1 Å². The summed E-state index contributed by atoms with van der Waals surface area (Å²) in [7, 11) is 0. The Morgan fingerprint density at radius 1 is 1.44 bits per heavy atom. The first-order valence-electron chi connectivity index (χ1n) is 8.62. The van der Waals surface area contributed by atoms with Crippen molar-refractivity contribution < 1.29 is 18.7 Å². The first kappa shape index (κ1) is 19.4. The second kappa shape index (κ2) is 8.54. The van der Waals surface area contributed by atoms with Crippen molar-refractivity contribution in [3.05, 3.63) is 52.4 Å². The molecule has 0 spiro atoms. The molecule has 27 heavy (non-hydrogen) atoms. The fourth-order valence-electron chi connectivity index (χ4n) is 2.90. The number of rotatable bonds is 4. The van der Waals surface area contributed by atoms with Crippen LogP contribution in [0.2, 0.25) is 5.02 Å². The van der Waals surface area contributed by atoms with E-state index < -0.39 is 5.82 Å². The van der Waals surface area contributed by atoms with Gasteiger partial charge in [0.2, 0.25) is 0 Å². The molecular formula is C19H21ClFN3O3. The van der Waals surface area contributed by atoms with Gasteiger partial charge in [0.25, 0.3) is 0 Å². The lowest BCUT2D eigenvalue weighted by atomic mass is 10.2. The lowest BCUT2D eigenvalue weighted by Gasteiger charge is -2.32. The van der Waals surface area contributed by atoms with Crippen LogP contribution < -0.4 is 10.1 Å². The molecule has 1 N–H and O–H groups in total. The van der Waals surface area contributed by atoms with Crippen LogP contribution in [0.4, 0.5) is 15.0 Å². The standard InChI is InChI=1S/C19H21ClFN3O3/c1-12-8-13(2)22-17(9-12)23-19(25)24-6-7-26-14(10-24)11-27-18-15(20)4-3-5-16(18)21/h3-5,8-9,14H,6-7,10-11H2,1-2H3,(H,22,23,25). The van der Waals surface area contributed by atoms with Gasteiger partial charge in [-0.2, -0.15) is 0 Å². The van der Waals surface area contributed by atoms with Gasteiger partial charge in [0, 0.05) is 12.2 Å². The maximum atomic E-state index is 13.8. The fourth-order valence-corrected chi connectivity index (χ4v) is 3.11. The maximum absolute atomic E-state index is 13.8. The molecule has 0 bridgehead atoms. The second-order valence-corrected chi connectivity index (χ2v) is 6.81. The van der Waals surface area contributed by atoms with Crippen LogP contribution in [0.1, 0.15) is 11.3 Å². The monoisotopic (exact) mass is 393 g/mol. The van der Waals surface area contributed by atoms with E-state index in [1.54, 1.807) is 11.0 Å². The Morgan fingerprint density at radius 3 is 3.00 bits per heavy atom. The van der Waals surface area contributed by atoms with Crippen molar-refractivity contribution in [2.75, 3.05) is 31.6 Å². The molecule has 2 heterocycles. The van der Waals surface area contributed by atoms with Crippen LogP contribution >= 0.6 is 11.6 Å². The zero-order valence-electron chi connectivity index (χ0n) is 15.2. The van der Waals surface area contributed by atoms with Gasteiger partial charge in [0.05, 0.1) is 18.2 Å². The average Bonchev–Trinajstić information content (AvgIpc) is 2.60. The third kappa shape index (κ3) is 5.08. The summed E-state index contributed by atoms with van der Waals surface area (Å²) in [5, 5.41) is 3.00. The number of hydrogen-bond acceptors (Lipinski definition) is 4. The molecule has 1 fully saturated rings. The third-order valence-electron chi connectivity index (χ3n) is 4.09. The highest BCUT2D eigenvalue weighted by Gasteiger charge is 2.25. The van der Waals surface area contributed by atoms with Gasteiger partial charge in [0.15, 0.2) is 11.6 Å². The minimum absolute atomic E-state index is 0.0104. The largest absolute Gasteiger partial charge is 0.486 e. The SMILES string of the molecule is Cc1cc(C)nc(NC(=O)N2CCOC(COc3c(F)cccc3Cl)C2)c1. The van der Waals surface area contributed by atoms with Crippen molar-refractivity contribution >= 4 is 23.4 Å². The van der Waals surface area contributed by atoms with Gasteiger partial charge in [-0.1, -0.05) is 17.7 Å². The summed E-state index contributed by atoms with van der Waals surface area (Å²) in [6.45, 7) is 5.05. The summed E-state index contributed by atoms with van der Waals surface area (Å²) >= 11 is 5.95. The zero-order chi connectivity index (χ0) is 19.4. The lowest BCUT2D eigenvalue weighted by Crippen LogP contribution is -2.49. The van der Waals surface area contributed by atoms with Crippen molar-refractivity contribution in [1.82, 2.24) is 9.88 Å². The van der Waals surface area contributed by atoms with E-state index in [9.17, 15) is 9.18 Å². The number of halogens is 2. The van der Waals surface area contributed by atoms with Crippen LogP contribution in [0.5, 0.6) is 5.75 Å². The average molecular weight is 394 g/mol. The molecule has 1 saturated heterocycles. The molecular weight excluding hydrogens is 373 g/mol. The number of anilines is 1. The molecule has 1 aromatic heterocycles. The Balaban J connectivity index is 1.58. The second-order valence-electron chi connectivity index (χ2n) is 6.40. The highest BCUT2D eigenvalue weighted by molar-refractivity contribution is 6.32. The first-order chi connectivity index (χ1) is 12.9. The van der Waals surface area contributed by atoms with Gasteiger partial charge in [-0.25, -0.2) is 14.2 Å². The number of carbonyl (C=O) groups excluding carboxylic acids is 1. The fraction of sp³-hybridized carbons (Fsp3) is 0.368. The molecule has 2 aromatic rings. The van der Waals surface area contributed by atoms with Gasteiger partial charge in [-0.3, -0.25) is 5.32 Å². The number of hydrogen-bond donors (Lipinski definition) is 1. The number of nitrogens with one attached hydrogen (secondary N) is 1. The molecule has 1 aliphatic rings. The van der Waals surface area contributed by atoms with Gasteiger partial charge >= 0.3 is 6.03 Å². The van der Waals surface area contributed by atoms with Gasteiger partial charge < -0.3 is 14.4 Å². The van der Waals surface area contributed by atoms with Crippen LogP contribution in [0.3, 0.4) is 0 Å². The molecule has 2 amide bonds. The van der Waals surface area contributed by atoms with E-state index >= 15 is 0 Å². The smallest absolute Gasteiger partial charge is 0.323 e. The predicted octanol–water partition coefficient (Wildman–Crippen LogP) is 3.80. The molecule has 3 rings (SSSR count). The van der Waals surface area contributed by atoms with Gasteiger partial charge in [-0.05, 0) is 43.7 Å². The normalized spacial score (nSPS) is 16.9. The Morgan fingerprint density at radius 2 is 2.26 bits per heavy atom. The van der Waals surface area contributed by atoms with Crippen LogP contribution in [-0.2, 0) is 4.74 Å². The summed E-state index contributed by atoms with van der Waals surface area (Å²) in [5.41, 5.74) is 1.85. The molecule has 6 nitrogen and oxygen atoms in total. The Kier molecular flexibility index (Phi) is 6.13. The van der Waals surface area contributed by atoms with Crippen LogP contribution in [0, 0.1) is 19.7 Å². The zero-order valence-corrected chi connectivity index (χ0v) is 15.9. The highest BCUT2D eigenvalue weighted by Crippen LogP contribution is 2.27. The number of carbonyl (C=O) groups is 1. The van der Waals surface area contributed by atoms with E-state index in [1.165, 1.54) is 12.1 Å². The summed E-state index contributed by atoms with van der Waals surface area (Å²) in [6, 6.07) is 7.83. The molecule has 1 atom stereocenters. The topological polar surface area (TPSA) is 63.7 Å². The summed E-state index contributed by atoms with van der Waals surface area (Å²) in [4.78, 5) is 18.5. The van der Waals surface area contributed by atoms with Gasteiger partial charge in [0.1, 0.15) is 18.5 Å². The molecule has 1 aliphatic heterocycles. The molecule has 8 heteroatoms. The van der Waals surface area contributed by atoms with Crippen molar-refractivity contribution in [3.63, 3.8) is 0 Å². The van der Waals surface area contributed by atoms with Crippen LogP contribution in [0.25, 0.3) is 0 Å². The Bertz CT molecular complexity index is 793. The van der Waals surface area contributed by atoms with Crippen molar-refractivity contribution in [1.29, 1.82) is 0 Å². The number of urea groups is 1. The number of amides is 2. The van der Waals surface area contributed by atoms with E-state index in [0.29, 0.717) is 25.5 Å². The summed E-state index contributed by atoms with van der Waals surface area (Å²) in [5.74, 6) is -0.0347. The number of aryl methyl sites for hydroxylation is 2. The third-order valence-corrected chi connectivity index (χ3v) is 4.39. The molecule has 0 saturated carbocycles. The van der Waals surface area contributed by atoms with E-state index in [-0.39, 0.29) is 29.5 Å². The number of aromatic nitrogens is 1. The lowest BCUT2D eigenvalue weighted by molar-refractivity contribution is -0.0342. The van der Waals surface area contributed by atoms with E-state index in [0.717, 1.165) is 11.3 Å². The number of morpholine rings is 1. The van der Waals surface area contributed by atoms with Crippen molar-refractivity contribution in [3.8, 4) is 5.75 Å². The summed E-state index contributed by atoms with van der Waals surface area (Å²) < 4.78 is 24.9. The number of nitrogens with zero attached hydrogens (tertiary/aromatic N) is 2. The van der Waals surface area contributed by atoms with Gasteiger partial charge in [-0.15, -0.1) is 0 Å². The minimum Gasteiger partial charge on any atom is -0.486 e. The van der Waals surface area contributed by atoms with E-state index in [1.807, 2.05) is 26.0 Å². The molecule has 0 aliphatic carbocycles. The quantitative estimate of drug-likeness (QED) is 0.858. The number of pyridine rings is 1. The Hall–Kier alpha value is -2.38. The number of ether oxygens (including phenoxy) is 2. The first-order valence-corrected chi connectivity index (χ1v) is 9.00. The van der Waals surface area contributed by atoms with Crippen molar-refractivity contribution in [2.24, 2.45) is 0 Å².